The highest BCUT2D eigenvalue weighted by Crippen LogP contribution is 2.31. The van der Waals surface area contributed by atoms with Crippen molar-refractivity contribution in [2.24, 2.45) is 0 Å². The molecule has 5 heteroatoms. The Morgan fingerprint density at radius 1 is 1.35 bits per heavy atom. The molecule has 1 saturated carbocycles. The topological polar surface area (TPSA) is 78.0 Å². The number of aliphatic hydroxyl groups is 1. The lowest BCUT2D eigenvalue weighted by Crippen LogP contribution is -2.35. The van der Waals surface area contributed by atoms with Gasteiger partial charge in [0.15, 0.2) is 0 Å². The van der Waals surface area contributed by atoms with E-state index in [0.29, 0.717) is 18.5 Å². The van der Waals surface area contributed by atoms with E-state index < -0.39 is 5.60 Å². The van der Waals surface area contributed by atoms with Crippen LogP contribution in [-0.4, -0.2) is 26.8 Å². The van der Waals surface area contributed by atoms with E-state index in [9.17, 15) is 9.90 Å². The summed E-state index contributed by atoms with van der Waals surface area (Å²) in [6.45, 7) is 0. The van der Waals surface area contributed by atoms with Crippen LogP contribution < -0.4 is 5.32 Å². The van der Waals surface area contributed by atoms with Crippen LogP contribution in [0.3, 0.4) is 0 Å². The average molecular weight is 273 g/mol. The predicted molar refractivity (Wildman–Crippen MR) is 77.4 cm³/mol. The monoisotopic (exact) mass is 273 g/mol. The molecule has 0 atom stereocenters. The normalized spacial score (nSPS) is 18.1. The van der Waals surface area contributed by atoms with Crippen molar-refractivity contribution in [3.63, 3.8) is 0 Å². The third kappa shape index (κ3) is 2.67. The first-order valence-electron chi connectivity index (χ1n) is 7.11. The number of nitrogens with one attached hydrogen (secondary N) is 2. The van der Waals surface area contributed by atoms with Gasteiger partial charge in [0.25, 0.3) is 0 Å². The largest absolute Gasteiger partial charge is 0.389 e. The average Bonchev–Trinajstić information content (AvgIpc) is 2.88. The number of rotatable bonds is 3. The third-order valence-corrected chi connectivity index (χ3v) is 4.02. The van der Waals surface area contributed by atoms with Gasteiger partial charge in [-0.3, -0.25) is 9.89 Å². The Morgan fingerprint density at radius 3 is 2.95 bits per heavy atom. The van der Waals surface area contributed by atoms with Crippen LogP contribution in [0.1, 0.15) is 38.5 Å². The van der Waals surface area contributed by atoms with Gasteiger partial charge in [-0.2, -0.15) is 5.10 Å². The van der Waals surface area contributed by atoms with E-state index in [4.69, 9.17) is 0 Å². The van der Waals surface area contributed by atoms with E-state index in [1.807, 2.05) is 18.2 Å². The van der Waals surface area contributed by atoms with Crippen molar-refractivity contribution < 1.29 is 9.90 Å². The number of aromatic amines is 1. The summed E-state index contributed by atoms with van der Waals surface area (Å²) in [5, 5.41) is 21.1. The van der Waals surface area contributed by atoms with Crippen molar-refractivity contribution in [2.75, 3.05) is 5.32 Å². The zero-order chi connectivity index (χ0) is 14.0. The summed E-state index contributed by atoms with van der Waals surface area (Å²) < 4.78 is 0. The fraction of sp³-hybridized carbons (Fsp3) is 0.467. The van der Waals surface area contributed by atoms with Crippen LogP contribution in [0.5, 0.6) is 0 Å². The summed E-state index contributed by atoms with van der Waals surface area (Å²) in [6.07, 6.45) is 6.47. The Balaban J connectivity index is 1.71. The number of carbonyl (C=O) groups is 1. The van der Waals surface area contributed by atoms with Gasteiger partial charge in [-0.15, -0.1) is 0 Å². The van der Waals surface area contributed by atoms with Crippen LogP contribution in [0.25, 0.3) is 10.9 Å². The van der Waals surface area contributed by atoms with E-state index >= 15 is 0 Å². The van der Waals surface area contributed by atoms with Crippen LogP contribution in [-0.2, 0) is 4.79 Å². The zero-order valence-corrected chi connectivity index (χ0v) is 11.4. The number of para-hydroxylation sites is 1. The lowest BCUT2D eigenvalue weighted by molar-refractivity contribution is -0.122. The highest BCUT2D eigenvalue weighted by atomic mass is 16.3. The second-order valence-electron chi connectivity index (χ2n) is 5.65. The Labute approximate surface area is 117 Å². The first-order chi connectivity index (χ1) is 9.66. The van der Waals surface area contributed by atoms with Crippen LogP contribution in [0.15, 0.2) is 24.4 Å². The molecule has 2 aromatic rings. The minimum atomic E-state index is -0.829. The van der Waals surface area contributed by atoms with Gasteiger partial charge < -0.3 is 10.4 Å². The van der Waals surface area contributed by atoms with Gasteiger partial charge in [-0.05, 0) is 18.9 Å². The Bertz CT molecular complexity index is 614. The van der Waals surface area contributed by atoms with Gasteiger partial charge in [-0.25, -0.2) is 0 Å². The molecule has 1 heterocycles. The molecule has 20 heavy (non-hydrogen) atoms. The highest BCUT2D eigenvalue weighted by molar-refractivity contribution is 6.00. The zero-order valence-electron chi connectivity index (χ0n) is 11.4. The van der Waals surface area contributed by atoms with E-state index in [0.717, 1.165) is 30.2 Å². The molecule has 1 fully saturated rings. The minimum absolute atomic E-state index is 0.142. The van der Waals surface area contributed by atoms with E-state index in [-0.39, 0.29) is 12.3 Å². The predicted octanol–water partition coefficient (Wildman–Crippen LogP) is 2.59. The fourth-order valence-corrected chi connectivity index (χ4v) is 2.95. The Morgan fingerprint density at radius 2 is 2.15 bits per heavy atom. The third-order valence-electron chi connectivity index (χ3n) is 4.02. The number of anilines is 1. The number of fused-ring (bicyclic) bond motifs is 1. The van der Waals surface area contributed by atoms with Gasteiger partial charge in [0, 0.05) is 5.39 Å². The van der Waals surface area contributed by atoms with Crippen molar-refractivity contribution in [1.82, 2.24) is 10.2 Å². The molecule has 1 aromatic carbocycles. The van der Waals surface area contributed by atoms with Gasteiger partial charge >= 0.3 is 0 Å². The SMILES string of the molecule is O=C(CC1(O)CCCCC1)Nc1cccc2cn[nH]c12. The molecule has 0 saturated heterocycles. The minimum Gasteiger partial charge on any atom is -0.389 e. The second-order valence-corrected chi connectivity index (χ2v) is 5.65. The number of benzene rings is 1. The van der Waals surface area contributed by atoms with Crippen LogP contribution >= 0.6 is 0 Å². The molecule has 0 spiro atoms. The standard InChI is InChI=1S/C15H19N3O2/c19-13(9-15(20)7-2-1-3-8-15)17-12-6-4-5-11-10-16-18-14(11)12/h4-6,10,20H,1-3,7-9H2,(H,16,18)(H,17,19). The maximum atomic E-state index is 12.1. The molecule has 1 aliphatic rings. The van der Waals surface area contributed by atoms with Crippen molar-refractivity contribution >= 4 is 22.5 Å². The summed E-state index contributed by atoms with van der Waals surface area (Å²) in [6, 6.07) is 5.65. The number of carbonyl (C=O) groups excluding carboxylic acids is 1. The maximum absolute atomic E-state index is 12.1. The number of amides is 1. The lowest BCUT2D eigenvalue weighted by atomic mass is 9.82. The molecule has 0 unspecified atom stereocenters. The molecule has 106 valence electrons. The molecule has 1 amide bonds. The van der Waals surface area contributed by atoms with Crippen molar-refractivity contribution in [3.8, 4) is 0 Å². The molecular weight excluding hydrogens is 254 g/mol. The number of hydrogen-bond acceptors (Lipinski definition) is 3. The van der Waals surface area contributed by atoms with Crippen molar-refractivity contribution in [3.05, 3.63) is 24.4 Å². The molecule has 0 bridgehead atoms. The molecule has 1 aliphatic carbocycles. The summed E-state index contributed by atoms with van der Waals surface area (Å²) >= 11 is 0. The fourth-order valence-electron chi connectivity index (χ4n) is 2.95. The maximum Gasteiger partial charge on any atom is 0.227 e. The number of nitrogens with zero attached hydrogens (tertiary/aromatic N) is 1. The summed E-state index contributed by atoms with van der Waals surface area (Å²) in [5.74, 6) is -0.142. The first-order valence-corrected chi connectivity index (χ1v) is 7.11. The molecule has 5 nitrogen and oxygen atoms in total. The molecule has 0 radical (unpaired) electrons. The van der Waals surface area contributed by atoms with Gasteiger partial charge in [-0.1, -0.05) is 31.4 Å². The summed E-state index contributed by atoms with van der Waals surface area (Å²) in [4.78, 5) is 12.1. The smallest absolute Gasteiger partial charge is 0.227 e. The van der Waals surface area contributed by atoms with E-state index in [2.05, 4.69) is 15.5 Å². The molecular formula is C15H19N3O2. The number of H-pyrrole nitrogens is 1. The molecule has 1 aromatic heterocycles. The molecule has 3 rings (SSSR count). The van der Waals surface area contributed by atoms with Crippen LogP contribution in [0.2, 0.25) is 0 Å². The quantitative estimate of drug-likeness (QED) is 0.804. The highest BCUT2D eigenvalue weighted by Gasteiger charge is 2.31. The number of hydrogen-bond donors (Lipinski definition) is 3. The van der Waals surface area contributed by atoms with Gasteiger partial charge in [0.2, 0.25) is 5.91 Å². The second kappa shape index (κ2) is 5.25. The Hall–Kier alpha value is -1.88. The summed E-state index contributed by atoms with van der Waals surface area (Å²) in [7, 11) is 0. The summed E-state index contributed by atoms with van der Waals surface area (Å²) in [5.41, 5.74) is 0.699. The van der Waals surface area contributed by atoms with Gasteiger partial charge in [0.1, 0.15) is 0 Å². The Kier molecular flexibility index (Phi) is 3.44. The van der Waals surface area contributed by atoms with Gasteiger partial charge in [0.05, 0.1) is 29.4 Å². The van der Waals surface area contributed by atoms with E-state index in [1.54, 1.807) is 6.20 Å². The lowest BCUT2D eigenvalue weighted by Gasteiger charge is -2.31. The van der Waals surface area contributed by atoms with Crippen molar-refractivity contribution in [1.29, 1.82) is 0 Å². The van der Waals surface area contributed by atoms with Crippen molar-refractivity contribution in [2.45, 2.75) is 44.1 Å². The van der Waals surface area contributed by atoms with E-state index in [1.165, 1.54) is 0 Å². The first kappa shape index (κ1) is 13.1. The number of aromatic nitrogens is 2. The van der Waals surface area contributed by atoms with Crippen LogP contribution in [0, 0.1) is 0 Å². The molecule has 3 N–H and O–H groups in total. The molecule has 0 aliphatic heterocycles. The van der Waals surface area contributed by atoms with Crippen LogP contribution in [0.4, 0.5) is 5.69 Å².